The van der Waals surface area contributed by atoms with Gasteiger partial charge in [0.25, 0.3) is 0 Å². The van der Waals surface area contributed by atoms with Crippen molar-refractivity contribution in [2.24, 2.45) is 0 Å². The predicted molar refractivity (Wildman–Crippen MR) is 111 cm³/mol. The van der Waals surface area contributed by atoms with Crippen molar-refractivity contribution >= 4 is 63.1 Å². The maximum Gasteiger partial charge on any atom is 0.322 e. The molecule has 2 aromatic rings. The fraction of sp³-hybridized carbons (Fsp3) is 0.294. The summed E-state index contributed by atoms with van der Waals surface area (Å²) in [6.45, 7) is 2.17. The Morgan fingerprint density at radius 1 is 1.15 bits per heavy atom. The Balaban J connectivity index is 1.66. The highest BCUT2D eigenvalue weighted by molar-refractivity contribution is 7.84. The molecule has 3 rings (SSSR count). The Kier molecular flexibility index (Phi) is 6.47. The van der Waals surface area contributed by atoms with Crippen LogP contribution < -0.4 is 10.2 Å². The first-order valence-electron chi connectivity index (χ1n) is 8.10. The molecule has 1 saturated heterocycles. The Labute approximate surface area is 174 Å². The van der Waals surface area contributed by atoms with Gasteiger partial charge in [-0.15, -0.1) is 0 Å². The topological polar surface area (TPSA) is 65.5 Å². The SMILES string of the molecule is C[S@](=O)c1c(Cl)cccc1NC(=O)N1CCN(c2ncc(Cl)cc2Cl)CC1. The summed E-state index contributed by atoms with van der Waals surface area (Å²) in [6.07, 6.45) is 3.08. The van der Waals surface area contributed by atoms with Gasteiger partial charge in [0.1, 0.15) is 5.82 Å². The monoisotopic (exact) mass is 446 g/mol. The lowest BCUT2D eigenvalue weighted by Gasteiger charge is -2.35. The molecule has 10 heteroatoms. The molecule has 1 aliphatic rings. The van der Waals surface area contributed by atoms with Gasteiger partial charge in [-0.05, 0) is 18.2 Å². The van der Waals surface area contributed by atoms with Gasteiger partial charge in [-0.1, -0.05) is 40.9 Å². The van der Waals surface area contributed by atoms with E-state index in [2.05, 4.69) is 10.3 Å². The zero-order valence-corrected chi connectivity index (χ0v) is 17.5. The predicted octanol–water partition coefficient (Wildman–Crippen LogP) is 4.13. The van der Waals surface area contributed by atoms with Crippen molar-refractivity contribution in [3.63, 3.8) is 0 Å². The number of piperazine rings is 1. The fourth-order valence-electron chi connectivity index (χ4n) is 2.86. The van der Waals surface area contributed by atoms with Crippen LogP contribution in [0.3, 0.4) is 0 Å². The Bertz CT molecular complexity index is 888. The lowest BCUT2D eigenvalue weighted by atomic mass is 10.3. The van der Waals surface area contributed by atoms with Gasteiger partial charge in [0, 0.05) is 38.6 Å². The molecule has 1 N–H and O–H groups in total. The smallest absolute Gasteiger partial charge is 0.322 e. The van der Waals surface area contributed by atoms with E-state index in [1.807, 2.05) is 4.90 Å². The number of amides is 2. The standard InChI is InChI=1S/C17H17Cl3N4O2S/c1-27(26)15-12(19)3-2-4-14(15)22-17(25)24-7-5-23(6-8-24)16-13(20)9-11(18)10-21-16/h2-4,9-10H,5-8H2,1H3,(H,22,25)/t27-/m0/s1. The van der Waals surface area contributed by atoms with E-state index in [4.69, 9.17) is 34.8 Å². The Morgan fingerprint density at radius 2 is 1.85 bits per heavy atom. The van der Waals surface area contributed by atoms with Gasteiger partial charge in [-0.3, -0.25) is 4.21 Å². The van der Waals surface area contributed by atoms with E-state index in [0.29, 0.717) is 57.6 Å². The molecule has 0 saturated carbocycles. The number of rotatable bonds is 3. The highest BCUT2D eigenvalue weighted by Crippen LogP contribution is 2.29. The van der Waals surface area contributed by atoms with E-state index < -0.39 is 10.8 Å². The van der Waals surface area contributed by atoms with Crippen molar-refractivity contribution in [3.8, 4) is 0 Å². The second kappa shape index (κ2) is 8.65. The number of hydrogen-bond donors (Lipinski definition) is 1. The number of benzene rings is 1. The lowest BCUT2D eigenvalue weighted by molar-refractivity contribution is 0.208. The molecule has 1 fully saturated rings. The van der Waals surface area contributed by atoms with Gasteiger partial charge in [-0.25, -0.2) is 9.78 Å². The molecule has 1 aromatic carbocycles. The fourth-order valence-corrected chi connectivity index (χ4v) is 4.63. The van der Waals surface area contributed by atoms with Gasteiger partial charge >= 0.3 is 6.03 Å². The maximum atomic E-state index is 12.6. The molecule has 0 unspecified atom stereocenters. The van der Waals surface area contributed by atoms with Crippen LogP contribution in [0.25, 0.3) is 0 Å². The third-order valence-corrected chi connectivity index (χ3v) is 6.08. The van der Waals surface area contributed by atoms with Crippen LogP contribution in [0.5, 0.6) is 0 Å². The number of pyridine rings is 1. The zero-order valence-electron chi connectivity index (χ0n) is 14.4. The zero-order chi connectivity index (χ0) is 19.6. The molecule has 27 heavy (non-hydrogen) atoms. The van der Waals surface area contributed by atoms with Crippen molar-refractivity contribution < 1.29 is 9.00 Å². The van der Waals surface area contributed by atoms with Crippen molar-refractivity contribution in [1.82, 2.24) is 9.88 Å². The van der Waals surface area contributed by atoms with Crippen LogP contribution in [0.15, 0.2) is 35.4 Å². The molecule has 144 valence electrons. The van der Waals surface area contributed by atoms with Crippen LogP contribution in [0, 0.1) is 0 Å². The van der Waals surface area contributed by atoms with Crippen molar-refractivity contribution in [2.75, 3.05) is 42.7 Å². The van der Waals surface area contributed by atoms with Crippen LogP contribution in [-0.2, 0) is 10.8 Å². The van der Waals surface area contributed by atoms with E-state index in [-0.39, 0.29) is 6.03 Å². The van der Waals surface area contributed by atoms with Crippen LogP contribution in [-0.4, -0.2) is 52.6 Å². The largest absolute Gasteiger partial charge is 0.352 e. The maximum absolute atomic E-state index is 12.6. The van der Waals surface area contributed by atoms with Gasteiger partial charge < -0.3 is 15.1 Å². The number of halogens is 3. The second-order valence-corrected chi connectivity index (χ2v) is 8.50. The van der Waals surface area contributed by atoms with Crippen LogP contribution in [0.2, 0.25) is 15.1 Å². The van der Waals surface area contributed by atoms with Crippen molar-refractivity contribution in [2.45, 2.75) is 4.90 Å². The van der Waals surface area contributed by atoms with Crippen molar-refractivity contribution in [1.29, 1.82) is 0 Å². The summed E-state index contributed by atoms with van der Waals surface area (Å²) in [5, 5.41) is 4.13. The second-order valence-electron chi connectivity index (χ2n) is 5.93. The molecule has 0 aliphatic carbocycles. The average Bonchev–Trinajstić information content (AvgIpc) is 2.61. The van der Waals surface area contributed by atoms with Crippen LogP contribution in [0.1, 0.15) is 0 Å². The molecule has 0 bridgehead atoms. The highest BCUT2D eigenvalue weighted by Gasteiger charge is 2.24. The van der Waals surface area contributed by atoms with Crippen LogP contribution in [0.4, 0.5) is 16.3 Å². The molecule has 1 aliphatic heterocycles. The molecular formula is C17H17Cl3N4O2S. The first-order valence-corrected chi connectivity index (χ1v) is 10.8. The van der Waals surface area contributed by atoms with E-state index in [9.17, 15) is 9.00 Å². The molecule has 0 spiro atoms. The third kappa shape index (κ3) is 4.66. The van der Waals surface area contributed by atoms with Crippen LogP contribution >= 0.6 is 34.8 Å². The summed E-state index contributed by atoms with van der Waals surface area (Å²) in [6, 6.07) is 6.43. The summed E-state index contributed by atoms with van der Waals surface area (Å²) in [5.41, 5.74) is 0.457. The number of carbonyl (C=O) groups excluding carboxylic acids is 1. The highest BCUT2D eigenvalue weighted by atomic mass is 35.5. The number of anilines is 2. The van der Waals surface area contributed by atoms with Gasteiger partial charge in [-0.2, -0.15) is 0 Å². The number of hydrogen-bond acceptors (Lipinski definition) is 4. The minimum atomic E-state index is -1.32. The van der Waals surface area contributed by atoms with Gasteiger partial charge in [0.15, 0.2) is 0 Å². The summed E-state index contributed by atoms with van der Waals surface area (Å²) < 4.78 is 11.9. The molecule has 1 atom stereocenters. The number of urea groups is 1. The number of nitrogens with one attached hydrogen (secondary N) is 1. The van der Waals surface area contributed by atoms with Crippen molar-refractivity contribution in [3.05, 3.63) is 45.5 Å². The minimum Gasteiger partial charge on any atom is -0.352 e. The summed E-state index contributed by atoms with van der Waals surface area (Å²) in [7, 11) is -1.32. The number of carbonyl (C=O) groups is 1. The first-order chi connectivity index (χ1) is 12.9. The molecule has 2 heterocycles. The number of aromatic nitrogens is 1. The van der Waals surface area contributed by atoms with E-state index in [1.54, 1.807) is 35.4 Å². The molecule has 2 amide bonds. The van der Waals surface area contributed by atoms with E-state index in [0.717, 1.165) is 0 Å². The number of nitrogens with zero attached hydrogens (tertiary/aromatic N) is 3. The molecule has 6 nitrogen and oxygen atoms in total. The summed E-state index contributed by atoms with van der Waals surface area (Å²) in [4.78, 5) is 21.0. The van der Waals surface area contributed by atoms with Gasteiger partial charge in [0.2, 0.25) is 0 Å². The molecule has 0 radical (unpaired) electrons. The quantitative estimate of drug-likeness (QED) is 0.768. The van der Waals surface area contributed by atoms with E-state index in [1.165, 1.54) is 6.26 Å². The average molecular weight is 448 g/mol. The third-order valence-electron chi connectivity index (χ3n) is 4.15. The normalized spacial score (nSPS) is 15.6. The Hall–Kier alpha value is -1.54. The minimum absolute atomic E-state index is 0.265. The molecule has 1 aromatic heterocycles. The summed E-state index contributed by atoms with van der Waals surface area (Å²) in [5.74, 6) is 0.652. The molecular weight excluding hydrogens is 431 g/mol. The van der Waals surface area contributed by atoms with Gasteiger partial charge in [0.05, 0.1) is 36.5 Å². The summed E-state index contributed by atoms with van der Waals surface area (Å²) >= 11 is 18.2. The Morgan fingerprint density at radius 3 is 2.48 bits per heavy atom. The lowest BCUT2D eigenvalue weighted by Crippen LogP contribution is -2.50. The van der Waals surface area contributed by atoms with E-state index >= 15 is 0 Å². The first kappa shape index (κ1) is 20.2.